The van der Waals surface area contributed by atoms with Gasteiger partial charge < -0.3 is 9.84 Å². The fraction of sp³-hybridized carbons (Fsp3) is 1.00. The molecule has 2 nitrogen and oxygen atoms in total. The highest BCUT2D eigenvalue weighted by Gasteiger charge is 2.50. The number of ether oxygens (including phenoxy) is 1. The molecule has 1 rings (SSSR count). The number of halogens is 3. The molecule has 0 saturated carbocycles. The summed E-state index contributed by atoms with van der Waals surface area (Å²) in [6, 6.07) is 0. The van der Waals surface area contributed by atoms with Gasteiger partial charge in [-0.1, -0.05) is 0 Å². The van der Waals surface area contributed by atoms with Gasteiger partial charge in [-0.2, -0.15) is 13.2 Å². The van der Waals surface area contributed by atoms with Gasteiger partial charge in [-0.15, -0.1) is 0 Å². The van der Waals surface area contributed by atoms with E-state index in [1.807, 2.05) is 0 Å². The molecule has 0 amide bonds. The second kappa shape index (κ2) is 1.85. The second-order valence-corrected chi connectivity index (χ2v) is 1.87. The quantitative estimate of drug-likeness (QED) is 0.534. The zero-order valence-corrected chi connectivity index (χ0v) is 4.35. The van der Waals surface area contributed by atoms with Gasteiger partial charge >= 0.3 is 6.18 Å². The third kappa shape index (κ3) is 1.16. The van der Waals surface area contributed by atoms with Crippen LogP contribution in [0.15, 0.2) is 0 Å². The Hall–Kier alpha value is -0.290. The molecule has 2 atom stereocenters. The Bertz CT molecular complexity index is 111. The molecule has 0 radical (unpaired) electrons. The van der Waals surface area contributed by atoms with Crippen LogP contribution in [0.3, 0.4) is 0 Å². The summed E-state index contributed by atoms with van der Waals surface area (Å²) in [7, 11) is 0. The van der Waals surface area contributed by atoms with E-state index in [9.17, 15) is 13.2 Å². The fourth-order valence-corrected chi connectivity index (χ4v) is 0.535. The molecule has 1 heterocycles. The molecule has 1 N–H and O–H groups in total. The Balaban J connectivity index is 2.44. The van der Waals surface area contributed by atoms with Crippen molar-refractivity contribution < 1.29 is 23.0 Å². The van der Waals surface area contributed by atoms with E-state index in [0.29, 0.717) is 0 Å². The van der Waals surface area contributed by atoms with Crippen molar-refractivity contribution in [2.75, 3.05) is 6.61 Å². The average molecular weight is 142 g/mol. The van der Waals surface area contributed by atoms with E-state index < -0.39 is 25.0 Å². The molecule has 0 aliphatic carbocycles. The van der Waals surface area contributed by atoms with E-state index >= 15 is 0 Å². The summed E-state index contributed by atoms with van der Waals surface area (Å²) >= 11 is 0. The predicted octanol–water partition coefficient (Wildman–Crippen LogP) is 0.514. The number of hydrogen-bond donors (Lipinski definition) is 1. The maximum Gasteiger partial charge on any atom is 0.398 e. The van der Waals surface area contributed by atoms with E-state index in [1.54, 1.807) is 0 Å². The van der Waals surface area contributed by atoms with Crippen LogP contribution < -0.4 is 0 Å². The molecule has 0 aromatic rings. The predicted molar refractivity (Wildman–Crippen MR) is 21.5 cm³/mol. The van der Waals surface area contributed by atoms with Gasteiger partial charge in [-0.3, -0.25) is 0 Å². The van der Waals surface area contributed by atoms with E-state index in [1.165, 1.54) is 0 Å². The lowest BCUT2D eigenvalue weighted by molar-refractivity contribution is -0.328. The molecule has 0 bridgehead atoms. The molecular formula is C4H5F3O2. The van der Waals surface area contributed by atoms with E-state index in [2.05, 4.69) is 4.74 Å². The lowest BCUT2D eigenvalue weighted by atomic mass is 10.1. The van der Waals surface area contributed by atoms with Crippen LogP contribution in [0.5, 0.6) is 0 Å². The number of hydrogen-bond acceptors (Lipinski definition) is 2. The van der Waals surface area contributed by atoms with Crippen LogP contribution in [0.4, 0.5) is 13.2 Å². The maximum atomic E-state index is 11.5. The second-order valence-electron chi connectivity index (χ2n) is 1.87. The number of alkyl halides is 3. The highest BCUT2D eigenvalue weighted by atomic mass is 19.4. The maximum absolute atomic E-state index is 11.5. The van der Waals surface area contributed by atoms with Gasteiger partial charge in [0.1, 0.15) is 5.92 Å². The molecule has 2 unspecified atom stereocenters. The van der Waals surface area contributed by atoms with Gasteiger partial charge in [0, 0.05) is 0 Å². The topological polar surface area (TPSA) is 29.5 Å². The van der Waals surface area contributed by atoms with E-state index in [4.69, 9.17) is 5.11 Å². The summed E-state index contributed by atoms with van der Waals surface area (Å²) in [6.07, 6.45) is -5.94. The van der Waals surface area contributed by atoms with Gasteiger partial charge in [-0.25, -0.2) is 0 Å². The molecule has 1 saturated heterocycles. The Morgan fingerprint density at radius 2 is 2.00 bits per heavy atom. The van der Waals surface area contributed by atoms with Crippen LogP contribution >= 0.6 is 0 Å². The van der Waals surface area contributed by atoms with Crippen molar-refractivity contribution in [3.05, 3.63) is 0 Å². The van der Waals surface area contributed by atoms with Gasteiger partial charge in [0.05, 0.1) is 6.61 Å². The van der Waals surface area contributed by atoms with Crippen LogP contribution in [-0.4, -0.2) is 24.2 Å². The van der Waals surface area contributed by atoms with Crippen LogP contribution in [0, 0.1) is 5.92 Å². The zero-order chi connectivity index (χ0) is 7.07. The van der Waals surface area contributed by atoms with Crippen molar-refractivity contribution in [2.24, 2.45) is 5.92 Å². The highest BCUT2D eigenvalue weighted by Crippen LogP contribution is 2.35. The number of aliphatic hydroxyl groups excluding tert-OH is 1. The first-order chi connectivity index (χ1) is 4.02. The number of rotatable bonds is 0. The van der Waals surface area contributed by atoms with Gasteiger partial charge in [0.25, 0.3) is 0 Å². The molecule has 1 aliphatic heterocycles. The Morgan fingerprint density at radius 3 is 2.00 bits per heavy atom. The summed E-state index contributed by atoms with van der Waals surface area (Å²) in [6.45, 7) is -0.412. The largest absolute Gasteiger partial charge is 0.398 e. The molecule has 1 fully saturated rings. The molecule has 54 valence electrons. The van der Waals surface area contributed by atoms with Crippen LogP contribution in [0.2, 0.25) is 0 Å². The summed E-state index contributed by atoms with van der Waals surface area (Å²) in [5, 5.41) is 8.30. The molecular weight excluding hydrogens is 137 g/mol. The van der Waals surface area contributed by atoms with Gasteiger partial charge in [-0.05, 0) is 0 Å². The first-order valence-corrected chi connectivity index (χ1v) is 2.38. The summed E-state index contributed by atoms with van der Waals surface area (Å²) in [4.78, 5) is 0. The minimum absolute atomic E-state index is 0.412. The smallest absolute Gasteiger partial charge is 0.367 e. The first kappa shape index (κ1) is 6.82. The minimum Gasteiger partial charge on any atom is -0.367 e. The van der Waals surface area contributed by atoms with Gasteiger partial charge in [0.2, 0.25) is 0 Å². The normalized spacial score (nSPS) is 36.0. The third-order valence-corrected chi connectivity index (χ3v) is 1.21. The lowest BCUT2D eigenvalue weighted by Crippen LogP contribution is -2.48. The summed E-state index contributed by atoms with van der Waals surface area (Å²) < 4.78 is 38.6. The van der Waals surface area contributed by atoms with Crippen molar-refractivity contribution in [1.82, 2.24) is 0 Å². The Kier molecular flexibility index (Phi) is 1.40. The SMILES string of the molecule is OC1OCC1C(F)(F)F. The van der Waals surface area contributed by atoms with Crippen molar-refractivity contribution in [3.8, 4) is 0 Å². The lowest BCUT2D eigenvalue weighted by Gasteiger charge is -2.33. The van der Waals surface area contributed by atoms with Crippen molar-refractivity contribution in [1.29, 1.82) is 0 Å². The Morgan fingerprint density at radius 1 is 1.44 bits per heavy atom. The van der Waals surface area contributed by atoms with E-state index in [0.717, 1.165) is 0 Å². The van der Waals surface area contributed by atoms with Crippen LogP contribution in [-0.2, 0) is 4.74 Å². The molecule has 1 aliphatic rings. The molecule has 0 aromatic carbocycles. The van der Waals surface area contributed by atoms with Crippen molar-refractivity contribution in [3.63, 3.8) is 0 Å². The average Bonchev–Trinajstić information content (AvgIpc) is 1.57. The number of aliphatic hydroxyl groups is 1. The minimum atomic E-state index is -4.31. The first-order valence-electron chi connectivity index (χ1n) is 2.38. The summed E-state index contributed by atoms with van der Waals surface area (Å²) in [5.41, 5.74) is 0. The molecule has 0 spiro atoms. The summed E-state index contributed by atoms with van der Waals surface area (Å²) in [5.74, 6) is -1.67. The third-order valence-electron chi connectivity index (χ3n) is 1.21. The Labute approximate surface area is 49.2 Å². The van der Waals surface area contributed by atoms with Gasteiger partial charge in [0.15, 0.2) is 6.29 Å². The zero-order valence-electron chi connectivity index (χ0n) is 4.35. The monoisotopic (exact) mass is 142 g/mol. The fourth-order valence-electron chi connectivity index (χ4n) is 0.535. The molecule has 5 heteroatoms. The van der Waals surface area contributed by atoms with Crippen molar-refractivity contribution >= 4 is 0 Å². The van der Waals surface area contributed by atoms with E-state index in [-0.39, 0.29) is 0 Å². The van der Waals surface area contributed by atoms with Crippen LogP contribution in [0.25, 0.3) is 0 Å². The standard InChI is InChI=1S/C4H5F3O2/c5-4(6,7)2-1-9-3(2)8/h2-3,8H,1H2. The highest BCUT2D eigenvalue weighted by molar-refractivity contribution is 4.76. The van der Waals surface area contributed by atoms with Crippen molar-refractivity contribution in [2.45, 2.75) is 12.5 Å². The van der Waals surface area contributed by atoms with Crippen LogP contribution in [0.1, 0.15) is 0 Å². The molecule has 0 aromatic heterocycles. The molecule has 9 heavy (non-hydrogen) atoms.